The minimum Gasteiger partial charge on any atom is -0.456 e. The highest BCUT2D eigenvalue weighted by Crippen LogP contribution is 2.25. The van der Waals surface area contributed by atoms with Crippen molar-refractivity contribution in [3.05, 3.63) is 53.5 Å². The molecule has 1 fully saturated rings. The van der Waals surface area contributed by atoms with Gasteiger partial charge in [0.1, 0.15) is 5.76 Å². The first-order valence-corrected chi connectivity index (χ1v) is 9.35. The standard InChI is InChI=1S/C21H25N3O3/c1-14-8-13-19(27-14)21(26)24-23-15(2)16-9-11-18(12-10-16)22-20(25)17-6-4-3-5-7-17/h8-13,17H,3-7H2,1-2H3,(H,22,25)(H,24,26)/b23-15+. The van der Waals surface area contributed by atoms with Gasteiger partial charge in [0.2, 0.25) is 5.91 Å². The summed E-state index contributed by atoms with van der Waals surface area (Å²) in [7, 11) is 0. The molecule has 1 aliphatic rings. The minimum absolute atomic E-state index is 0.105. The molecule has 3 rings (SSSR count). The number of hydrazone groups is 1. The number of nitrogens with zero attached hydrogens (tertiary/aromatic N) is 1. The molecule has 1 aliphatic carbocycles. The van der Waals surface area contributed by atoms with Crippen LogP contribution in [0.1, 0.15) is 60.9 Å². The third kappa shape index (κ3) is 5.06. The lowest BCUT2D eigenvalue weighted by Gasteiger charge is -2.20. The molecular weight excluding hydrogens is 342 g/mol. The number of furan rings is 1. The van der Waals surface area contributed by atoms with Crippen LogP contribution in [-0.4, -0.2) is 17.5 Å². The second kappa shape index (κ2) is 8.66. The molecule has 27 heavy (non-hydrogen) atoms. The van der Waals surface area contributed by atoms with E-state index in [0.29, 0.717) is 11.5 Å². The molecule has 0 bridgehead atoms. The van der Waals surface area contributed by atoms with Crippen molar-refractivity contribution in [2.24, 2.45) is 11.0 Å². The van der Waals surface area contributed by atoms with Crippen molar-refractivity contribution in [2.75, 3.05) is 5.32 Å². The largest absolute Gasteiger partial charge is 0.456 e. The van der Waals surface area contributed by atoms with Gasteiger partial charge in [-0.3, -0.25) is 9.59 Å². The summed E-state index contributed by atoms with van der Waals surface area (Å²) in [6.45, 7) is 3.59. The van der Waals surface area contributed by atoms with Crippen LogP contribution >= 0.6 is 0 Å². The summed E-state index contributed by atoms with van der Waals surface area (Å²) >= 11 is 0. The zero-order valence-electron chi connectivity index (χ0n) is 15.7. The van der Waals surface area contributed by atoms with Crippen LogP contribution in [0.3, 0.4) is 0 Å². The molecule has 1 aromatic heterocycles. The number of anilines is 1. The van der Waals surface area contributed by atoms with Crippen LogP contribution < -0.4 is 10.7 Å². The molecule has 0 aliphatic heterocycles. The second-order valence-electron chi connectivity index (χ2n) is 6.95. The Labute approximate surface area is 159 Å². The number of hydrogen-bond donors (Lipinski definition) is 2. The van der Waals surface area contributed by atoms with Crippen molar-refractivity contribution in [3.63, 3.8) is 0 Å². The topological polar surface area (TPSA) is 83.7 Å². The lowest BCUT2D eigenvalue weighted by Crippen LogP contribution is -2.24. The number of amides is 2. The summed E-state index contributed by atoms with van der Waals surface area (Å²) < 4.78 is 5.26. The Balaban J connectivity index is 1.57. The van der Waals surface area contributed by atoms with Gasteiger partial charge in [0.25, 0.3) is 0 Å². The molecule has 2 amide bonds. The van der Waals surface area contributed by atoms with Crippen molar-refractivity contribution in [1.29, 1.82) is 0 Å². The van der Waals surface area contributed by atoms with Gasteiger partial charge >= 0.3 is 5.91 Å². The van der Waals surface area contributed by atoms with Crippen molar-refractivity contribution < 1.29 is 14.0 Å². The SMILES string of the molecule is C/C(=N\NC(=O)c1ccc(C)o1)c1ccc(NC(=O)C2CCCCC2)cc1. The number of carbonyl (C=O) groups excluding carboxylic acids is 2. The lowest BCUT2D eigenvalue weighted by atomic mass is 9.88. The van der Waals surface area contributed by atoms with E-state index in [0.717, 1.165) is 36.9 Å². The fraction of sp³-hybridized carbons (Fsp3) is 0.381. The van der Waals surface area contributed by atoms with Crippen LogP contribution in [0, 0.1) is 12.8 Å². The number of benzene rings is 1. The number of nitrogens with one attached hydrogen (secondary N) is 2. The first-order chi connectivity index (χ1) is 13.0. The molecule has 6 heteroatoms. The van der Waals surface area contributed by atoms with Crippen molar-refractivity contribution >= 4 is 23.2 Å². The highest BCUT2D eigenvalue weighted by molar-refractivity contribution is 6.01. The van der Waals surface area contributed by atoms with E-state index < -0.39 is 0 Å². The highest BCUT2D eigenvalue weighted by Gasteiger charge is 2.20. The average Bonchev–Trinajstić information content (AvgIpc) is 3.13. The van der Waals surface area contributed by atoms with E-state index in [-0.39, 0.29) is 23.5 Å². The molecule has 142 valence electrons. The van der Waals surface area contributed by atoms with Crippen molar-refractivity contribution in [3.8, 4) is 0 Å². The molecule has 0 unspecified atom stereocenters. The van der Waals surface area contributed by atoms with Crippen LogP contribution in [0.5, 0.6) is 0 Å². The molecule has 1 saturated carbocycles. The molecule has 0 radical (unpaired) electrons. The van der Waals surface area contributed by atoms with Crippen LogP contribution in [0.15, 0.2) is 45.9 Å². The molecule has 0 saturated heterocycles. The van der Waals surface area contributed by atoms with E-state index >= 15 is 0 Å². The van der Waals surface area contributed by atoms with E-state index in [9.17, 15) is 9.59 Å². The summed E-state index contributed by atoms with van der Waals surface area (Å²) in [5.74, 6) is 0.742. The fourth-order valence-electron chi connectivity index (χ4n) is 3.21. The molecular formula is C21H25N3O3. The molecule has 6 nitrogen and oxygen atoms in total. The maximum absolute atomic E-state index is 12.3. The first-order valence-electron chi connectivity index (χ1n) is 9.35. The Morgan fingerprint density at radius 1 is 1.04 bits per heavy atom. The van der Waals surface area contributed by atoms with Gasteiger partial charge in [0.15, 0.2) is 5.76 Å². The average molecular weight is 367 g/mol. The van der Waals surface area contributed by atoms with Gasteiger partial charge in [0.05, 0.1) is 5.71 Å². The normalized spacial score (nSPS) is 15.4. The Bertz CT molecular complexity index is 831. The maximum Gasteiger partial charge on any atom is 0.307 e. The number of hydrogen-bond acceptors (Lipinski definition) is 4. The maximum atomic E-state index is 12.3. The predicted octanol–water partition coefficient (Wildman–Crippen LogP) is 4.26. The number of aryl methyl sites for hydroxylation is 1. The molecule has 1 aromatic carbocycles. The lowest BCUT2D eigenvalue weighted by molar-refractivity contribution is -0.120. The van der Waals surface area contributed by atoms with Crippen LogP contribution in [0.2, 0.25) is 0 Å². The van der Waals surface area contributed by atoms with E-state index in [4.69, 9.17) is 4.42 Å². The summed E-state index contributed by atoms with van der Waals surface area (Å²) in [4.78, 5) is 24.3. The van der Waals surface area contributed by atoms with Crippen molar-refractivity contribution in [1.82, 2.24) is 5.43 Å². The minimum atomic E-state index is -0.390. The quantitative estimate of drug-likeness (QED) is 0.612. The Morgan fingerprint density at radius 3 is 2.37 bits per heavy atom. The van der Waals surface area contributed by atoms with Gasteiger partial charge in [0, 0.05) is 11.6 Å². The first kappa shape index (κ1) is 18.9. The highest BCUT2D eigenvalue weighted by atomic mass is 16.3. The van der Waals surface area contributed by atoms with E-state index in [1.165, 1.54) is 6.42 Å². The smallest absolute Gasteiger partial charge is 0.307 e. The van der Waals surface area contributed by atoms with Gasteiger partial charge in [-0.05, 0) is 56.5 Å². The van der Waals surface area contributed by atoms with Gasteiger partial charge in [-0.1, -0.05) is 31.4 Å². The Hall–Kier alpha value is -2.89. The molecule has 0 atom stereocenters. The van der Waals surface area contributed by atoms with E-state index in [2.05, 4.69) is 15.8 Å². The van der Waals surface area contributed by atoms with Crippen LogP contribution in [-0.2, 0) is 4.79 Å². The third-order valence-corrected chi connectivity index (χ3v) is 4.84. The zero-order chi connectivity index (χ0) is 19.2. The summed E-state index contributed by atoms with van der Waals surface area (Å²) in [6, 6.07) is 10.8. The predicted molar refractivity (Wildman–Crippen MR) is 105 cm³/mol. The zero-order valence-corrected chi connectivity index (χ0v) is 15.7. The number of carbonyl (C=O) groups is 2. The van der Waals surface area contributed by atoms with Gasteiger partial charge < -0.3 is 9.73 Å². The van der Waals surface area contributed by atoms with Crippen LogP contribution in [0.4, 0.5) is 5.69 Å². The van der Waals surface area contributed by atoms with Gasteiger partial charge in [-0.25, -0.2) is 5.43 Å². The third-order valence-electron chi connectivity index (χ3n) is 4.84. The summed E-state index contributed by atoms with van der Waals surface area (Å²) in [5, 5.41) is 7.10. The van der Waals surface area contributed by atoms with Crippen LogP contribution in [0.25, 0.3) is 0 Å². The number of rotatable bonds is 5. The Morgan fingerprint density at radius 2 is 1.74 bits per heavy atom. The second-order valence-corrected chi connectivity index (χ2v) is 6.95. The molecule has 2 N–H and O–H groups in total. The molecule has 1 heterocycles. The Kier molecular flexibility index (Phi) is 6.06. The fourth-order valence-corrected chi connectivity index (χ4v) is 3.21. The van der Waals surface area contributed by atoms with Gasteiger partial charge in [-0.2, -0.15) is 5.10 Å². The van der Waals surface area contributed by atoms with Crippen molar-refractivity contribution in [2.45, 2.75) is 46.0 Å². The molecule has 0 spiro atoms. The monoisotopic (exact) mass is 367 g/mol. The van der Waals surface area contributed by atoms with E-state index in [1.807, 2.05) is 31.2 Å². The van der Waals surface area contributed by atoms with E-state index in [1.54, 1.807) is 19.1 Å². The summed E-state index contributed by atoms with van der Waals surface area (Å²) in [5.41, 5.74) is 4.79. The summed E-state index contributed by atoms with van der Waals surface area (Å²) in [6.07, 6.45) is 5.45. The molecule has 2 aromatic rings. The van der Waals surface area contributed by atoms with Gasteiger partial charge in [-0.15, -0.1) is 0 Å².